The first-order valence-corrected chi connectivity index (χ1v) is 12.0. The van der Waals surface area contributed by atoms with Crippen molar-refractivity contribution >= 4 is 16.0 Å². The highest BCUT2D eigenvalue weighted by atomic mass is 32.2. The predicted octanol–water partition coefficient (Wildman–Crippen LogP) is 5.33. The maximum atomic E-state index is 14.0. The molecule has 4 rings (SSSR count). The van der Waals surface area contributed by atoms with Crippen molar-refractivity contribution in [1.82, 2.24) is 4.31 Å². The molecule has 0 aliphatic carbocycles. The van der Waals surface area contributed by atoms with Crippen LogP contribution in [0.15, 0.2) is 89.3 Å². The molecule has 5 nitrogen and oxygen atoms in total. The van der Waals surface area contributed by atoms with Crippen molar-refractivity contribution < 1.29 is 22.7 Å². The minimum absolute atomic E-state index is 0.0544. The Morgan fingerprint density at radius 1 is 0.939 bits per heavy atom. The molecule has 0 unspecified atom stereocenters. The summed E-state index contributed by atoms with van der Waals surface area (Å²) < 4.78 is 43.0. The topological polar surface area (TPSA) is 74.7 Å². The van der Waals surface area contributed by atoms with Crippen molar-refractivity contribution in [3.63, 3.8) is 0 Å². The predicted molar refractivity (Wildman–Crippen MR) is 124 cm³/mol. The summed E-state index contributed by atoms with van der Waals surface area (Å²) in [6.45, 7) is 3.78. The fourth-order valence-corrected chi connectivity index (χ4v) is 6.02. The summed E-state index contributed by atoms with van der Waals surface area (Å²) in [5, 5.41) is 9.95. The van der Waals surface area contributed by atoms with Gasteiger partial charge in [0.1, 0.15) is 5.82 Å². The number of hydrogen-bond donors (Lipinski definition) is 1. The molecule has 7 heteroatoms. The first-order chi connectivity index (χ1) is 15.7. The molecule has 0 aromatic heterocycles. The van der Waals surface area contributed by atoms with Gasteiger partial charge in [0.25, 0.3) is 0 Å². The SMILES string of the molecule is Cc1ccc(S(=O)(=O)N2[C@@H](c3ccc(F)cc3)C(C(=O)O)=CC[C@H]2c2cccc(C)c2)cc1. The lowest BCUT2D eigenvalue weighted by Crippen LogP contribution is -2.42. The van der Waals surface area contributed by atoms with Crippen LogP contribution in [0, 0.1) is 19.7 Å². The Balaban J connectivity index is 1.97. The number of benzene rings is 3. The number of hydrogen-bond acceptors (Lipinski definition) is 3. The second-order valence-electron chi connectivity index (χ2n) is 8.23. The zero-order valence-electron chi connectivity index (χ0n) is 18.3. The lowest BCUT2D eigenvalue weighted by molar-refractivity contribution is -0.133. The maximum absolute atomic E-state index is 14.0. The molecule has 0 saturated heterocycles. The third-order valence-corrected chi connectivity index (χ3v) is 7.76. The quantitative estimate of drug-likeness (QED) is 0.553. The minimum Gasteiger partial charge on any atom is -0.478 e. The lowest BCUT2D eigenvalue weighted by Gasteiger charge is -2.40. The highest BCUT2D eigenvalue weighted by Gasteiger charge is 2.44. The molecule has 1 aliphatic heterocycles. The third-order valence-electron chi connectivity index (χ3n) is 5.87. The molecule has 3 aromatic carbocycles. The highest BCUT2D eigenvalue weighted by molar-refractivity contribution is 7.89. The number of sulfonamides is 1. The standard InChI is InChI=1S/C26H24FNO4S/c1-17-6-12-22(13-7-17)33(31,32)28-24(20-5-3-4-18(2)16-20)15-14-23(26(29)30)25(28)19-8-10-21(27)11-9-19/h3-14,16,24-25H,15H2,1-2H3,(H,29,30)/t24-,25-/m0/s1. The molecule has 0 spiro atoms. The largest absolute Gasteiger partial charge is 0.478 e. The van der Waals surface area contributed by atoms with Crippen LogP contribution in [0.4, 0.5) is 4.39 Å². The van der Waals surface area contributed by atoms with Crippen LogP contribution in [-0.4, -0.2) is 23.8 Å². The van der Waals surface area contributed by atoms with Crippen molar-refractivity contribution in [3.8, 4) is 0 Å². The summed E-state index contributed by atoms with van der Waals surface area (Å²) in [4.78, 5) is 12.3. The number of halogens is 1. The molecular formula is C26H24FNO4S. The second kappa shape index (κ2) is 8.92. The fraction of sp³-hybridized carbons (Fsp3) is 0.192. The molecule has 1 N–H and O–H groups in total. The molecule has 3 aromatic rings. The van der Waals surface area contributed by atoms with Crippen molar-refractivity contribution in [1.29, 1.82) is 0 Å². The van der Waals surface area contributed by atoms with Gasteiger partial charge in [-0.3, -0.25) is 0 Å². The van der Waals surface area contributed by atoms with E-state index >= 15 is 0 Å². The van der Waals surface area contributed by atoms with Crippen molar-refractivity contribution in [2.24, 2.45) is 0 Å². The van der Waals surface area contributed by atoms with Crippen molar-refractivity contribution in [2.75, 3.05) is 0 Å². The molecule has 1 heterocycles. The Labute approximate surface area is 192 Å². The van der Waals surface area contributed by atoms with E-state index in [4.69, 9.17) is 0 Å². The average Bonchev–Trinajstić information content (AvgIpc) is 2.79. The molecule has 1 aliphatic rings. The summed E-state index contributed by atoms with van der Waals surface area (Å²) in [5.41, 5.74) is 2.97. The first kappa shape index (κ1) is 22.9. The van der Waals surface area contributed by atoms with Gasteiger partial charge in [0.05, 0.1) is 22.6 Å². The van der Waals surface area contributed by atoms with Gasteiger partial charge in [-0.15, -0.1) is 0 Å². The van der Waals surface area contributed by atoms with Gasteiger partial charge in [-0.2, -0.15) is 4.31 Å². The van der Waals surface area contributed by atoms with Crippen LogP contribution in [0.1, 0.15) is 40.8 Å². The lowest BCUT2D eigenvalue weighted by atomic mass is 9.89. The molecule has 0 fully saturated rings. The van der Waals surface area contributed by atoms with Gasteiger partial charge in [-0.25, -0.2) is 17.6 Å². The van der Waals surface area contributed by atoms with E-state index in [-0.39, 0.29) is 16.9 Å². The molecule has 0 saturated carbocycles. The number of aliphatic carboxylic acids is 1. The molecule has 2 atom stereocenters. The fourth-order valence-electron chi connectivity index (χ4n) is 4.25. The number of aryl methyl sites for hydroxylation is 2. The Bertz CT molecular complexity index is 1320. The molecular weight excluding hydrogens is 441 g/mol. The number of carboxylic acids is 1. The molecule has 0 bridgehead atoms. The van der Waals surface area contributed by atoms with Gasteiger partial charge in [-0.1, -0.05) is 65.7 Å². The van der Waals surface area contributed by atoms with Crippen LogP contribution < -0.4 is 0 Å². The van der Waals surface area contributed by atoms with Crippen molar-refractivity contribution in [3.05, 3.63) is 113 Å². The molecule has 0 amide bonds. The maximum Gasteiger partial charge on any atom is 0.333 e. The highest BCUT2D eigenvalue weighted by Crippen LogP contribution is 2.45. The smallest absolute Gasteiger partial charge is 0.333 e. The van der Waals surface area contributed by atoms with Gasteiger partial charge < -0.3 is 5.11 Å². The van der Waals surface area contributed by atoms with E-state index in [0.717, 1.165) is 16.7 Å². The van der Waals surface area contributed by atoms with E-state index in [2.05, 4.69) is 0 Å². The second-order valence-corrected chi connectivity index (χ2v) is 10.1. The van der Waals surface area contributed by atoms with E-state index in [1.165, 1.54) is 40.7 Å². The van der Waals surface area contributed by atoms with Crippen LogP contribution in [0.3, 0.4) is 0 Å². The summed E-state index contributed by atoms with van der Waals surface area (Å²) >= 11 is 0. The number of carbonyl (C=O) groups is 1. The van der Waals surface area contributed by atoms with Gasteiger partial charge in [0.2, 0.25) is 10.0 Å². The summed E-state index contributed by atoms with van der Waals surface area (Å²) in [7, 11) is -4.13. The Kier molecular flexibility index (Phi) is 6.19. The summed E-state index contributed by atoms with van der Waals surface area (Å²) in [6, 6.07) is 17.5. The van der Waals surface area contributed by atoms with Crippen LogP contribution in [0.25, 0.3) is 0 Å². The Morgan fingerprint density at radius 3 is 2.21 bits per heavy atom. The minimum atomic E-state index is -4.13. The zero-order chi connectivity index (χ0) is 23.8. The van der Waals surface area contributed by atoms with E-state index in [0.29, 0.717) is 5.56 Å². The van der Waals surface area contributed by atoms with E-state index in [1.54, 1.807) is 18.2 Å². The Morgan fingerprint density at radius 2 is 1.61 bits per heavy atom. The summed E-state index contributed by atoms with van der Waals surface area (Å²) in [6.07, 6.45) is 1.78. The zero-order valence-corrected chi connectivity index (χ0v) is 19.1. The molecule has 33 heavy (non-hydrogen) atoms. The van der Waals surface area contributed by atoms with Gasteiger partial charge in [0.15, 0.2) is 0 Å². The number of rotatable bonds is 5. The van der Waals surface area contributed by atoms with Crippen LogP contribution in [0.5, 0.6) is 0 Å². The Hall–Kier alpha value is -3.29. The van der Waals surface area contributed by atoms with E-state index in [9.17, 15) is 22.7 Å². The van der Waals surface area contributed by atoms with Gasteiger partial charge in [-0.05, 0) is 55.7 Å². The van der Waals surface area contributed by atoms with Gasteiger partial charge in [0, 0.05) is 0 Å². The van der Waals surface area contributed by atoms with Crippen LogP contribution >= 0.6 is 0 Å². The molecule has 170 valence electrons. The molecule has 0 radical (unpaired) electrons. The monoisotopic (exact) mass is 465 g/mol. The van der Waals surface area contributed by atoms with Gasteiger partial charge >= 0.3 is 5.97 Å². The first-order valence-electron chi connectivity index (χ1n) is 10.5. The van der Waals surface area contributed by atoms with E-state index < -0.39 is 33.9 Å². The number of nitrogens with zero attached hydrogens (tertiary/aromatic N) is 1. The van der Waals surface area contributed by atoms with E-state index in [1.807, 2.05) is 38.1 Å². The average molecular weight is 466 g/mol. The third kappa shape index (κ3) is 4.47. The van der Waals surface area contributed by atoms with Crippen molar-refractivity contribution in [2.45, 2.75) is 37.2 Å². The summed E-state index contributed by atoms with van der Waals surface area (Å²) in [5.74, 6) is -1.70. The number of carboxylic acid groups (broad SMARTS) is 1. The normalized spacial score (nSPS) is 19.2. The van der Waals surface area contributed by atoms with Crippen LogP contribution in [-0.2, 0) is 14.8 Å². The van der Waals surface area contributed by atoms with Crippen LogP contribution in [0.2, 0.25) is 0 Å².